The van der Waals surface area contributed by atoms with Crippen molar-refractivity contribution in [3.63, 3.8) is 0 Å². The molecule has 1 aliphatic rings. The van der Waals surface area contributed by atoms with Gasteiger partial charge in [-0.15, -0.1) is 0 Å². The monoisotopic (exact) mass is 408 g/mol. The highest BCUT2D eigenvalue weighted by molar-refractivity contribution is 6.32. The molecule has 140 valence electrons. The maximum absolute atomic E-state index is 13.4. The number of aromatic hydroxyl groups is 2. The summed E-state index contributed by atoms with van der Waals surface area (Å²) < 4.78 is 18.8. The van der Waals surface area contributed by atoms with Gasteiger partial charge in [-0.25, -0.2) is 4.39 Å². The van der Waals surface area contributed by atoms with Crippen LogP contribution in [0.25, 0.3) is 11.3 Å². The molecular formula is C19H15Cl2FN2O3. The Morgan fingerprint density at radius 2 is 1.93 bits per heavy atom. The normalized spacial score (nSPS) is 14.3. The number of phenols is 2. The number of benzene rings is 2. The number of aromatic nitrogens is 1. The molecule has 0 bridgehead atoms. The van der Waals surface area contributed by atoms with Crippen LogP contribution in [-0.2, 0) is 19.5 Å². The highest BCUT2D eigenvalue weighted by atomic mass is 35.5. The third-order valence-electron chi connectivity index (χ3n) is 4.62. The van der Waals surface area contributed by atoms with E-state index in [9.17, 15) is 14.6 Å². The van der Waals surface area contributed by atoms with Crippen LogP contribution in [0.15, 0.2) is 34.9 Å². The van der Waals surface area contributed by atoms with Gasteiger partial charge in [0.25, 0.3) is 0 Å². The van der Waals surface area contributed by atoms with E-state index in [2.05, 4.69) is 10.1 Å². The largest absolute Gasteiger partial charge is 0.507 e. The Kier molecular flexibility index (Phi) is 4.72. The smallest absolute Gasteiger partial charge is 0.175 e. The Balaban J connectivity index is 1.62. The third kappa shape index (κ3) is 3.48. The summed E-state index contributed by atoms with van der Waals surface area (Å²) in [5, 5.41) is 24.1. The molecule has 5 nitrogen and oxygen atoms in total. The zero-order chi connectivity index (χ0) is 19.1. The van der Waals surface area contributed by atoms with Crippen molar-refractivity contribution in [2.24, 2.45) is 0 Å². The van der Waals surface area contributed by atoms with Crippen molar-refractivity contribution in [2.75, 3.05) is 6.54 Å². The van der Waals surface area contributed by atoms with Crippen LogP contribution in [0.4, 0.5) is 4.39 Å². The Bertz CT molecular complexity index is 1020. The summed E-state index contributed by atoms with van der Waals surface area (Å²) >= 11 is 11.8. The maximum Gasteiger partial charge on any atom is 0.175 e. The predicted octanol–water partition coefficient (Wildman–Crippen LogP) is 4.76. The molecule has 27 heavy (non-hydrogen) atoms. The first-order chi connectivity index (χ1) is 12.9. The Hall–Kier alpha value is -2.28. The van der Waals surface area contributed by atoms with Crippen molar-refractivity contribution in [1.82, 2.24) is 10.1 Å². The molecule has 0 unspecified atom stereocenters. The second kappa shape index (κ2) is 7.03. The van der Waals surface area contributed by atoms with Gasteiger partial charge < -0.3 is 14.7 Å². The molecule has 0 aliphatic carbocycles. The van der Waals surface area contributed by atoms with Crippen molar-refractivity contribution in [1.29, 1.82) is 0 Å². The van der Waals surface area contributed by atoms with E-state index in [4.69, 9.17) is 27.7 Å². The lowest BCUT2D eigenvalue weighted by Crippen LogP contribution is -2.30. The van der Waals surface area contributed by atoms with Crippen LogP contribution in [0.3, 0.4) is 0 Å². The molecular weight excluding hydrogens is 394 g/mol. The number of nitrogens with zero attached hydrogens (tertiary/aromatic N) is 2. The minimum absolute atomic E-state index is 0.0968. The summed E-state index contributed by atoms with van der Waals surface area (Å²) in [6.07, 6.45) is 0.681. The Labute approximate surface area is 164 Å². The summed E-state index contributed by atoms with van der Waals surface area (Å²) in [5.41, 5.74) is 2.95. The summed E-state index contributed by atoms with van der Waals surface area (Å²) in [4.78, 5) is 2.16. The second-order valence-corrected chi connectivity index (χ2v) is 7.28. The van der Waals surface area contributed by atoms with E-state index < -0.39 is 5.82 Å². The molecule has 3 aromatic rings. The highest BCUT2D eigenvalue weighted by Crippen LogP contribution is 2.40. The van der Waals surface area contributed by atoms with Gasteiger partial charge >= 0.3 is 0 Å². The molecule has 0 amide bonds. The fourth-order valence-electron chi connectivity index (χ4n) is 3.24. The maximum atomic E-state index is 13.4. The first kappa shape index (κ1) is 18.1. The van der Waals surface area contributed by atoms with Crippen molar-refractivity contribution in [3.8, 4) is 22.8 Å². The topological polar surface area (TPSA) is 69.7 Å². The molecule has 8 heteroatoms. The van der Waals surface area contributed by atoms with Crippen LogP contribution in [-0.4, -0.2) is 26.8 Å². The Morgan fingerprint density at radius 3 is 2.70 bits per heavy atom. The molecule has 0 atom stereocenters. The van der Waals surface area contributed by atoms with Crippen LogP contribution >= 0.6 is 23.2 Å². The van der Waals surface area contributed by atoms with Gasteiger partial charge in [-0.3, -0.25) is 4.90 Å². The first-order valence-corrected chi connectivity index (χ1v) is 9.03. The molecule has 0 saturated carbocycles. The number of hydrogen-bond acceptors (Lipinski definition) is 5. The van der Waals surface area contributed by atoms with Gasteiger partial charge in [-0.05, 0) is 23.8 Å². The summed E-state index contributed by atoms with van der Waals surface area (Å²) in [6, 6.07) is 7.30. The number of halogens is 3. The molecule has 2 heterocycles. The fourth-order valence-corrected chi connectivity index (χ4v) is 3.61. The molecule has 2 N–H and O–H groups in total. The van der Waals surface area contributed by atoms with Crippen LogP contribution in [0.2, 0.25) is 10.0 Å². The summed E-state index contributed by atoms with van der Waals surface area (Å²) in [7, 11) is 0. The van der Waals surface area contributed by atoms with Gasteiger partial charge in [-0.2, -0.15) is 0 Å². The van der Waals surface area contributed by atoms with Crippen LogP contribution in [0.5, 0.6) is 11.5 Å². The quantitative estimate of drug-likeness (QED) is 0.653. The molecule has 0 fully saturated rings. The molecule has 1 aliphatic heterocycles. The van der Waals surface area contributed by atoms with Gasteiger partial charge in [-0.1, -0.05) is 34.4 Å². The lowest BCUT2D eigenvalue weighted by atomic mass is 10.0. The minimum Gasteiger partial charge on any atom is -0.507 e. The molecule has 2 aromatic carbocycles. The predicted molar refractivity (Wildman–Crippen MR) is 99.5 cm³/mol. The van der Waals surface area contributed by atoms with Crippen molar-refractivity contribution < 1.29 is 19.1 Å². The second-order valence-electron chi connectivity index (χ2n) is 6.47. The highest BCUT2D eigenvalue weighted by Gasteiger charge is 2.27. The molecule has 4 rings (SSSR count). The fraction of sp³-hybridized carbons (Fsp3) is 0.211. The third-order valence-corrected chi connectivity index (χ3v) is 5.21. The average molecular weight is 409 g/mol. The van der Waals surface area contributed by atoms with E-state index in [0.29, 0.717) is 30.8 Å². The van der Waals surface area contributed by atoms with E-state index in [1.54, 1.807) is 12.1 Å². The van der Waals surface area contributed by atoms with Gasteiger partial charge in [0.2, 0.25) is 0 Å². The van der Waals surface area contributed by atoms with Gasteiger partial charge in [0.15, 0.2) is 5.76 Å². The van der Waals surface area contributed by atoms with Crippen molar-refractivity contribution >= 4 is 23.2 Å². The summed E-state index contributed by atoms with van der Waals surface area (Å²) in [5.74, 6) is -0.368. The molecule has 1 aromatic heterocycles. The van der Waals surface area contributed by atoms with Crippen LogP contribution < -0.4 is 0 Å². The zero-order valence-electron chi connectivity index (χ0n) is 14.0. The van der Waals surface area contributed by atoms with Gasteiger partial charge in [0.1, 0.15) is 17.3 Å². The first-order valence-electron chi connectivity index (χ1n) is 8.28. The molecule has 0 radical (unpaired) electrons. The number of hydrogen-bond donors (Lipinski definition) is 2. The van der Waals surface area contributed by atoms with E-state index >= 15 is 0 Å². The standard InChI is InChI=1S/C19H15Cl2FN2O3/c20-13-5-10(1-2-15(13)22)8-24-4-3-16-12(9-24)19(27-23-16)11-6-14(21)18(26)7-17(11)25/h1-2,5-7,25-26H,3-4,8-9H2. The van der Waals surface area contributed by atoms with Gasteiger partial charge in [0, 0.05) is 37.7 Å². The van der Waals surface area contributed by atoms with E-state index in [1.807, 2.05) is 0 Å². The van der Waals surface area contributed by atoms with E-state index in [1.165, 1.54) is 18.2 Å². The Morgan fingerprint density at radius 1 is 1.11 bits per heavy atom. The SMILES string of the molecule is Oc1cc(O)c(-c2onc3c2CN(Cc2ccc(F)c(Cl)c2)CC3)cc1Cl. The average Bonchev–Trinajstić information content (AvgIpc) is 3.04. The van der Waals surface area contributed by atoms with Crippen molar-refractivity contribution in [2.45, 2.75) is 19.5 Å². The molecule has 0 saturated heterocycles. The van der Waals surface area contributed by atoms with Crippen LogP contribution in [0.1, 0.15) is 16.8 Å². The lowest BCUT2D eigenvalue weighted by Gasteiger charge is -2.26. The van der Waals surface area contributed by atoms with E-state index in [-0.39, 0.29) is 21.5 Å². The summed E-state index contributed by atoms with van der Waals surface area (Å²) in [6.45, 7) is 1.89. The number of fused-ring (bicyclic) bond motifs is 1. The molecule has 0 spiro atoms. The van der Waals surface area contributed by atoms with Crippen LogP contribution in [0, 0.1) is 5.82 Å². The van der Waals surface area contributed by atoms with E-state index in [0.717, 1.165) is 23.4 Å². The minimum atomic E-state index is -0.442. The lowest BCUT2D eigenvalue weighted by molar-refractivity contribution is 0.245. The zero-order valence-corrected chi connectivity index (χ0v) is 15.6. The van der Waals surface area contributed by atoms with Gasteiger partial charge in [0.05, 0.1) is 21.3 Å². The number of rotatable bonds is 3. The van der Waals surface area contributed by atoms with Crippen molar-refractivity contribution in [3.05, 3.63) is 63.0 Å². The number of phenolic OH excluding ortho intramolecular Hbond substituents is 2.